The highest BCUT2D eigenvalue weighted by atomic mass is 16.5. The van der Waals surface area contributed by atoms with Crippen molar-refractivity contribution >= 4 is 6.03 Å². The Morgan fingerprint density at radius 1 is 1.28 bits per heavy atom. The second-order valence-corrected chi connectivity index (χ2v) is 6.88. The highest BCUT2D eigenvalue weighted by Gasteiger charge is 2.46. The number of likely N-dealkylation sites (tertiary alicyclic amines) is 1. The number of hydrogen-bond acceptors (Lipinski definition) is 3. The zero-order valence-electron chi connectivity index (χ0n) is 14.2. The summed E-state index contributed by atoms with van der Waals surface area (Å²) in [6.45, 7) is 3.78. The van der Waals surface area contributed by atoms with Gasteiger partial charge in [-0.2, -0.15) is 0 Å². The minimum Gasteiger partial charge on any atom is -0.508 e. The smallest absolute Gasteiger partial charge is 0.317 e. The van der Waals surface area contributed by atoms with Gasteiger partial charge in [0.15, 0.2) is 0 Å². The van der Waals surface area contributed by atoms with Crippen molar-refractivity contribution in [3.8, 4) is 5.75 Å². The third kappa shape index (κ3) is 2.85. The molecule has 5 nitrogen and oxygen atoms in total. The van der Waals surface area contributed by atoms with E-state index in [1.165, 1.54) is 11.1 Å². The van der Waals surface area contributed by atoms with Crippen LogP contribution >= 0.6 is 0 Å². The molecule has 2 atom stereocenters. The zero-order valence-corrected chi connectivity index (χ0v) is 14.2. The average molecular weight is 338 g/mol. The van der Waals surface area contributed by atoms with E-state index in [0.29, 0.717) is 19.7 Å². The molecule has 0 aliphatic carbocycles. The zero-order chi connectivity index (χ0) is 17.4. The first-order chi connectivity index (χ1) is 12.1. The third-order valence-corrected chi connectivity index (χ3v) is 5.24. The third-order valence-electron chi connectivity index (χ3n) is 5.24. The van der Waals surface area contributed by atoms with Crippen molar-refractivity contribution in [1.29, 1.82) is 0 Å². The highest BCUT2D eigenvalue weighted by Crippen LogP contribution is 2.43. The van der Waals surface area contributed by atoms with E-state index in [1.807, 2.05) is 30.0 Å². The molecule has 0 radical (unpaired) electrons. The molecule has 1 fully saturated rings. The number of benzene rings is 2. The van der Waals surface area contributed by atoms with Crippen molar-refractivity contribution < 1.29 is 14.6 Å². The number of ether oxygens (including phenoxy) is 1. The van der Waals surface area contributed by atoms with E-state index >= 15 is 0 Å². The number of hydrogen-bond donors (Lipinski definition) is 2. The van der Waals surface area contributed by atoms with Crippen LogP contribution in [0.25, 0.3) is 0 Å². The van der Waals surface area contributed by atoms with Crippen LogP contribution in [0.5, 0.6) is 5.75 Å². The lowest BCUT2D eigenvalue weighted by Crippen LogP contribution is -2.41. The van der Waals surface area contributed by atoms with Gasteiger partial charge in [0.25, 0.3) is 0 Å². The normalized spacial score (nSPS) is 22.8. The van der Waals surface area contributed by atoms with Crippen LogP contribution in [0.2, 0.25) is 0 Å². The number of fused-ring (bicyclic) bond motifs is 2. The summed E-state index contributed by atoms with van der Waals surface area (Å²) in [4.78, 5) is 14.5. The number of rotatable bonds is 2. The molecule has 1 saturated heterocycles. The Balaban J connectivity index is 1.45. The molecule has 2 aromatic carbocycles. The average Bonchev–Trinajstić information content (AvgIpc) is 3.21. The summed E-state index contributed by atoms with van der Waals surface area (Å²) in [6.07, 6.45) is 0.817. The van der Waals surface area contributed by atoms with Crippen molar-refractivity contribution in [2.24, 2.45) is 0 Å². The van der Waals surface area contributed by atoms with Crippen molar-refractivity contribution in [2.75, 3.05) is 13.1 Å². The largest absolute Gasteiger partial charge is 0.508 e. The molecule has 4 rings (SSSR count). The predicted molar refractivity (Wildman–Crippen MR) is 94.2 cm³/mol. The number of phenols is 1. The quantitative estimate of drug-likeness (QED) is 0.883. The van der Waals surface area contributed by atoms with Crippen LogP contribution in [0.15, 0.2) is 48.5 Å². The van der Waals surface area contributed by atoms with E-state index in [1.54, 1.807) is 18.2 Å². The molecule has 2 N–H and O–H groups in total. The molecule has 25 heavy (non-hydrogen) atoms. The van der Waals surface area contributed by atoms with Gasteiger partial charge < -0.3 is 20.1 Å². The summed E-state index contributed by atoms with van der Waals surface area (Å²) in [5.41, 5.74) is 2.95. The Morgan fingerprint density at radius 2 is 2.12 bits per heavy atom. The number of aromatic hydroxyl groups is 1. The Hall–Kier alpha value is -2.53. The molecule has 5 heteroatoms. The lowest BCUT2D eigenvalue weighted by Gasteiger charge is -2.26. The Bertz CT molecular complexity index is 807. The molecular formula is C20H22N2O3. The van der Waals surface area contributed by atoms with E-state index in [4.69, 9.17) is 4.74 Å². The fraction of sp³-hybridized carbons (Fsp3) is 0.350. The number of nitrogens with zero attached hydrogens (tertiary/aromatic N) is 1. The van der Waals surface area contributed by atoms with E-state index in [0.717, 1.165) is 12.0 Å². The Kier molecular flexibility index (Phi) is 3.88. The van der Waals surface area contributed by atoms with Crippen LogP contribution in [-0.2, 0) is 16.9 Å². The van der Waals surface area contributed by atoms with Gasteiger partial charge in [0.1, 0.15) is 11.4 Å². The van der Waals surface area contributed by atoms with Gasteiger partial charge in [0.05, 0.1) is 19.2 Å². The molecule has 0 bridgehead atoms. The maximum absolute atomic E-state index is 12.7. The van der Waals surface area contributed by atoms with Gasteiger partial charge in [-0.05, 0) is 35.7 Å². The lowest BCUT2D eigenvalue weighted by atomic mass is 9.92. The molecule has 1 spiro atoms. The van der Waals surface area contributed by atoms with Gasteiger partial charge in [0.2, 0.25) is 0 Å². The molecule has 2 aromatic rings. The fourth-order valence-corrected chi connectivity index (χ4v) is 3.83. The molecule has 2 amide bonds. The number of carbonyl (C=O) groups excluding carboxylic acids is 1. The number of urea groups is 1. The van der Waals surface area contributed by atoms with Crippen molar-refractivity contribution in [3.05, 3.63) is 65.2 Å². The van der Waals surface area contributed by atoms with Gasteiger partial charge in [-0.1, -0.05) is 36.4 Å². The van der Waals surface area contributed by atoms with Gasteiger partial charge in [-0.3, -0.25) is 0 Å². The first kappa shape index (κ1) is 16.0. The van der Waals surface area contributed by atoms with Crippen molar-refractivity contribution in [1.82, 2.24) is 10.2 Å². The summed E-state index contributed by atoms with van der Waals surface area (Å²) in [5.74, 6) is 0.203. The molecule has 0 aromatic heterocycles. The molecule has 0 saturated carbocycles. The second-order valence-electron chi connectivity index (χ2n) is 6.88. The van der Waals surface area contributed by atoms with Crippen LogP contribution in [0.3, 0.4) is 0 Å². The van der Waals surface area contributed by atoms with Crippen LogP contribution < -0.4 is 5.32 Å². The van der Waals surface area contributed by atoms with Gasteiger partial charge in [0, 0.05) is 13.0 Å². The van der Waals surface area contributed by atoms with Crippen molar-refractivity contribution in [2.45, 2.75) is 31.6 Å². The van der Waals surface area contributed by atoms with Crippen LogP contribution in [0.4, 0.5) is 4.79 Å². The van der Waals surface area contributed by atoms with Gasteiger partial charge in [-0.15, -0.1) is 0 Å². The number of amides is 2. The van der Waals surface area contributed by atoms with E-state index in [2.05, 4.69) is 17.4 Å². The topological polar surface area (TPSA) is 61.8 Å². The second kappa shape index (κ2) is 6.08. The maximum atomic E-state index is 12.7. The SMILES string of the molecule is C[C@H](NC(=O)N1CCC2(C1)OCc1ccccc12)c1cccc(O)c1. The van der Waals surface area contributed by atoms with Crippen LogP contribution in [0.1, 0.15) is 36.1 Å². The Labute approximate surface area is 147 Å². The van der Waals surface area contributed by atoms with Gasteiger partial charge in [-0.25, -0.2) is 4.79 Å². The van der Waals surface area contributed by atoms with Gasteiger partial charge >= 0.3 is 6.03 Å². The first-order valence-electron chi connectivity index (χ1n) is 8.64. The summed E-state index contributed by atoms with van der Waals surface area (Å²) in [6, 6.07) is 15.0. The number of nitrogens with one attached hydrogen (secondary N) is 1. The minimum atomic E-state index is -0.359. The van der Waals surface area contributed by atoms with Crippen molar-refractivity contribution in [3.63, 3.8) is 0 Å². The maximum Gasteiger partial charge on any atom is 0.317 e. The first-order valence-corrected chi connectivity index (χ1v) is 8.64. The van der Waals surface area contributed by atoms with E-state index < -0.39 is 0 Å². The summed E-state index contributed by atoms with van der Waals surface area (Å²) in [5, 5.41) is 12.6. The van der Waals surface area contributed by atoms with Crippen LogP contribution in [0, 0.1) is 0 Å². The molecule has 2 aliphatic heterocycles. The Morgan fingerprint density at radius 3 is 2.96 bits per heavy atom. The monoisotopic (exact) mass is 338 g/mol. The summed E-state index contributed by atoms with van der Waals surface area (Å²) < 4.78 is 6.10. The predicted octanol–water partition coefficient (Wildman–Crippen LogP) is 3.29. The number of carbonyl (C=O) groups is 1. The molecule has 2 aliphatic rings. The summed E-state index contributed by atoms with van der Waals surface area (Å²) in [7, 11) is 0. The van der Waals surface area contributed by atoms with E-state index in [-0.39, 0.29) is 23.4 Å². The minimum absolute atomic E-state index is 0.0966. The summed E-state index contributed by atoms with van der Waals surface area (Å²) >= 11 is 0. The number of phenolic OH excluding ortho intramolecular Hbond substituents is 1. The molecular weight excluding hydrogens is 316 g/mol. The van der Waals surface area contributed by atoms with E-state index in [9.17, 15) is 9.90 Å². The fourth-order valence-electron chi connectivity index (χ4n) is 3.83. The molecule has 130 valence electrons. The standard InChI is InChI=1S/C20H22N2O3/c1-14(15-6-4-7-17(23)11-15)21-19(24)22-10-9-20(13-22)18-8-3-2-5-16(18)12-25-20/h2-8,11,14,23H,9-10,12-13H2,1H3,(H,21,24)/t14-,20?/m0/s1. The molecule has 1 unspecified atom stereocenters. The lowest BCUT2D eigenvalue weighted by molar-refractivity contribution is -0.0272. The highest BCUT2D eigenvalue weighted by molar-refractivity contribution is 5.75. The molecule has 2 heterocycles. The van der Waals surface area contributed by atoms with Crippen LogP contribution in [-0.4, -0.2) is 29.1 Å².